The zero-order valence-electron chi connectivity index (χ0n) is 8.46. The monoisotopic (exact) mass is 175 g/mol. The first-order valence-corrected chi connectivity index (χ1v) is 5.06. The number of nitrogens with zero attached hydrogens (tertiary/aromatic N) is 1. The van der Waals surface area contributed by atoms with Crippen molar-refractivity contribution in [2.75, 3.05) is 19.6 Å². The third kappa shape index (κ3) is 1.92. The first-order valence-electron chi connectivity index (χ1n) is 5.06. The van der Waals surface area contributed by atoms with E-state index >= 15 is 0 Å². The molecule has 2 aliphatic rings. The number of rotatable bonds is 2. The van der Waals surface area contributed by atoms with Gasteiger partial charge in [0, 0.05) is 19.6 Å². The van der Waals surface area contributed by atoms with Gasteiger partial charge in [0.25, 0.3) is 0 Å². The Labute approximate surface area is 80.4 Å². The number of hydrogen-bond donors (Lipinski definition) is 0. The molecule has 2 rings (SSSR count). The van der Waals surface area contributed by atoms with Crippen LogP contribution in [0.2, 0.25) is 0 Å². The van der Waals surface area contributed by atoms with Crippen molar-refractivity contribution in [3.8, 4) is 0 Å². The molecular weight excluding hydrogens is 158 g/mol. The van der Waals surface area contributed by atoms with Gasteiger partial charge in [-0.3, -0.25) is 4.90 Å². The van der Waals surface area contributed by atoms with Crippen LogP contribution in [-0.4, -0.2) is 24.5 Å². The highest BCUT2D eigenvalue weighted by Crippen LogP contribution is 2.23. The van der Waals surface area contributed by atoms with Gasteiger partial charge in [-0.25, -0.2) is 0 Å². The summed E-state index contributed by atoms with van der Waals surface area (Å²) >= 11 is 0. The summed E-state index contributed by atoms with van der Waals surface area (Å²) in [7, 11) is 0. The molecule has 0 atom stereocenters. The number of fused-ring (bicyclic) bond motifs is 1. The van der Waals surface area contributed by atoms with Crippen molar-refractivity contribution in [1.82, 2.24) is 4.90 Å². The molecule has 1 aliphatic heterocycles. The fourth-order valence-electron chi connectivity index (χ4n) is 2.00. The van der Waals surface area contributed by atoms with Crippen molar-refractivity contribution in [1.29, 1.82) is 0 Å². The van der Waals surface area contributed by atoms with Gasteiger partial charge in [0.05, 0.1) is 0 Å². The van der Waals surface area contributed by atoms with Crippen molar-refractivity contribution >= 4 is 0 Å². The van der Waals surface area contributed by atoms with E-state index < -0.39 is 0 Å². The summed E-state index contributed by atoms with van der Waals surface area (Å²) in [6.45, 7) is 8.02. The van der Waals surface area contributed by atoms with Crippen LogP contribution >= 0.6 is 0 Å². The number of allylic oxidation sites excluding steroid dienone is 3. The highest BCUT2D eigenvalue weighted by molar-refractivity contribution is 5.50. The van der Waals surface area contributed by atoms with E-state index in [2.05, 4.69) is 43.1 Å². The van der Waals surface area contributed by atoms with E-state index in [0.29, 0.717) is 0 Å². The van der Waals surface area contributed by atoms with Gasteiger partial charge < -0.3 is 0 Å². The summed E-state index contributed by atoms with van der Waals surface area (Å²) in [4.78, 5) is 2.51. The molecule has 0 saturated carbocycles. The first kappa shape index (κ1) is 8.76. The molecule has 0 saturated heterocycles. The van der Waals surface area contributed by atoms with Crippen LogP contribution in [0.1, 0.15) is 13.8 Å². The van der Waals surface area contributed by atoms with E-state index in [9.17, 15) is 0 Å². The lowest BCUT2D eigenvalue weighted by Crippen LogP contribution is -2.32. The molecule has 1 heteroatoms. The van der Waals surface area contributed by atoms with E-state index in [-0.39, 0.29) is 0 Å². The largest absolute Gasteiger partial charge is 0.295 e. The van der Waals surface area contributed by atoms with Crippen molar-refractivity contribution in [3.63, 3.8) is 0 Å². The third-order valence-electron chi connectivity index (χ3n) is 2.53. The van der Waals surface area contributed by atoms with Crippen LogP contribution in [0.5, 0.6) is 0 Å². The molecule has 0 fully saturated rings. The second-order valence-electron chi connectivity index (χ2n) is 4.30. The zero-order valence-corrected chi connectivity index (χ0v) is 8.46. The average Bonchev–Trinajstić information content (AvgIpc) is 2.49. The molecule has 0 unspecified atom stereocenters. The van der Waals surface area contributed by atoms with Gasteiger partial charge >= 0.3 is 0 Å². The summed E-state index contributed by atoms with van der Waals surface area (Å²) < 4.78 is 0. The van der Waals surface area contributed by atoms with Gasteiger partial charge in [-0.05, 0) is 17.1 Å². The second-order valence-corrected chi connectivity index (χ2v) is 4.30. The minimum atomic E-state index is 0.768. The normalized spacial score (nSPS) is 21.8. The minimum absolute atomic E-state index is 0.768. The van der Waals surface area contributed by atoms with Crippen LogP contribution in [0.15, 0.2) is 35.5 Å². The fraction of sp³-hybridized carbons (Fsp3) is 0.500. The van der Waals surface area contributed by atoms with E-state index in [4.69, 9.17) is 0 Å². The van der Waals surface area contributed by atoms with Crippen LogP contribution in [0.25, 0.3) is 0 Å². The van der Waals surface area contributed by atoms with Crippen molar-refractivity contribution in [2.24, 2.45) is 5.92 Å². The van der Waals surface area contributed by atoms with Gasteiger partial charge in [0.2, 0.25) is 0 Å². The van der Waals surface area contributed by atoms with Crippen LogP contribution < -0.4 is 0 Å². The molecule has 70 valence electrons. The lowest BCUT2D eigenvalue weighted by molar-refractivity contribution is 0.284. The summed E-state index contributed by atoms with van der Waals surface area (Å²) in [5.41, 5.74) is 2.94. The maximum atomic E-state index is 2.51. The van der Waals surface area contributed by atoms with Crippen LogP contribution in [0.3, 0.4) is 0 Å². The summed E-state index contributed by atoms with van der Waals surface area (Å²) in [6.07, 6.45) is 8.93. The Morgan fingerprint density at radius 3 is 3.08 bits per heavy atom. The topological polar surface area (TPSA) is 3.24 Å². The van der Waals surface area contributed by atoms with E-state index in [1.54, 1.807) is 0 Å². The standard InChI is InChI=1S/C12H17N/c1-10(2)8-13-7-6-11-4-3-5-12(11)9-13/h3-6,10H,7-9H2,1-2H3. The molecule has 0 aromatic rings. The zero-order chi connectivity index (χ0) is 9.26. The molecule has 0 aromatic heterocycles. The Balaban J connectivity index is 2.01. The van der Waals surface area contributed by atoms with Crippen LogP contribution in [0, 0.1) is 5.92 Å². The van der Waals surface area contributed by atoms with E-state index in [0.717, 1.165) is 19.0 Å². The maximum absolute atomic E-state index is 2.51. The van der Waals surface area contributed by atoms with Gasteiger partial charge in [-0.1, -0.05) is 38.2 Å². The number of hydrogen-bond acceptors (Lipinski definition) is 1. The Kier molecular flexibility index (Phi) is 2.36. The van der Waals surface area contributed by atoms with Crippen molar-refractivity contribution in [2.45, 2.75) is 13.8 Å². The SMILES string of the molecule is CC(C)CN1CC=C2C=CC=C2C1. The average molecular weight is 175 g/mol. The van der Waals surface area contributed by atoms with Crippen molar-refractivity contribution < 1.29 is 0 Å². The molecule has 13 heavy (non-hydrogen) atoms. The van der Waals surface area contributed by atoms with Gasteiger partial charge in [0.1, 0.15) is 0 Å². The maximum Gasteiger partial charge on any atom is 0.0242 e. The van der Waals surface area contributed by atoms with Gasteiger partial charge in [0.15, 0.2) is 0 Å². The Bertz CT molecular complexity index is 281. The molecule has 1 heterocycles. The summed E-state index contributed by atoms with van der Waals surface area (Å²) in [5.74, 6) is 0.768. The Morgan fingerprint density at radius 2 is 2.31 bits per heavy atom. The highest BCUT2D eigenvalue weighted by Gasteiger charge is 2.16. The first-order chi connectivity index (χ1) is 6.25. The molecule has 0 aromatic carbocycles. The van der Waals surface area contributed by atoms with Crippen molar-refractivity contribution in [3.05, 3.63) is 35.5 Å². The third-order valence-corrected chi connectivity index (χ3v) is 2.53. The second kappa shape index (κ2) is 3.51. The molecule has 0 amide bonds. The Hall–Kier alpha value is -0.820. The minimum Gasteiger partial charge on any atom is -0.295 e. The summed E-state index contributed by atoms with van der Waals surface area (Å²) in [5, 5.41) is 0. The summed E-state index contributed by atoms with van der Waals surface area (Å²) in [6, 6.07) is 0. The van der Waals surface area contributed by atoms with E-state index in [1.165, 1.54) is 17.7 Å². The quantitative estimate of drug-likeness (QED) is 0.623. The Morgan fingerprint density at radius 1 is 1.46 bits per heavy atom. The predicted octanol–water partition coefficient (Wildman–Crippen LogP) is 2.38. The predicted molar refractivity (Wildman–Crippen MR) is 56.6 cm³/mol. The highest BCUT2D eigenvalue weighted by atomic mass is 15.1. The molecule has 1 aliphatic carbocycles. The van der Waals surface area contributed by atoms with Crippen LogP contribution in [-0.2, 0) is 0 Å². The molecule has 0 radical (unpaired) electrons. The van der Waals surface area contributed by atoms with Gasteiger partial charge in [-0.15, -0.1) is 0 Å². The molecule has 1 nitrogen and oxygen atoms in total. The smallest absolute Gasteiger partial charge is 0.0242 e. The van der Waals surface area contributed by atoms with E-state index in [1.807, 2.05) is 0 Å². The molecule has 0 spiro atoms. The molecular formula is C12H17N. The fourth-order valence-corrected chi connectivity index (χ4v) is 2.00. The molecule has 0 bridgehead atoms. The van der Waals surface area contributed by atoms with Gasteiger partial charge in [-0.2, -0.15) is 0 Å². The van der Waals surface area contributed by atoms with Crippen LogP contribution in [0.4, 0.5) is 0 Å². The lowest BCUT2D eigenvalue weighted by atomic mass is 10.0. The molecule has 0 N–H and O–H groups in total. The lowest BCUT2D eigenvalue weighted by Gasteiger charge is -2.27.